The maximum absolute atomic E-state index is 13.1. The van der Waals surface area contributed by atoms with E-state index in [0.717, 1.165) is 12.8 Å². The normalized spacial score (nSPS) is 15.5. The van der Waals surface area contributed by atoms with Crippen LogP contribution in [0.5, 0.6) is 0 Å². The van der Waals surface area contributed by atoms with Crippen LogP contribution >= 0.6 is 0 Å². The fourth-order valence-corrected chi connectivity index (χ4v) is 2.55. The van der Waals surface area contributed by atoms with E-state index in [1.54, 1.807) is 11.0 Å². The smallest absolute Gasteiger partial charge is 0.352 e. The Kier molecular flexibility index (Phi) is 6.00. The van der Waals surface area contributed by atoms with E-state index in [9.17, 15) is 22.8 Å². The summed E-state index contributed by atoms with van der Waals surface area (Å²) in [5, 5.41) is 2.35. The molecule has 2 rings (SSSR count). The minimum absolute atomic E-state index is 0.0184. The van der Waals surface area contributed by atoms with Crippen molar-refractivity contribution in [1.29, 1.82) is 0 Å². The highest BCUT2D eigenvalue weighted by Crippen LogP contribution is 2.33. The molecule has 7 heteroatoms. The zero-order valence-corrected chi connectivity index (χ0v) is 13.1. The van der Waals surface area contributed by atoms with Crippen molar-refractivity contribution in [2.45, 2.75) is 25.4 Å². The van der Waals surface area contributed by atoms with Crippen LogP contribution in [0.1, 0.15) is 24.8 Å². The molecular weight excluding hydrogens is 321 g/mol. The van der Waals surface area contributed by atoms with Crippen molar-refractivity contribution in [2.24, 2.45) is 0 Å². The molecule has 0 spiro atoms. The second-order valence-corrected chi connectivity index (χ2v) is 5.55. The zero-order valence-electron chi connectivity index (χ0n) is 13.1. The summed E-state index contributed by atoms with van der Waals surface area (Å²) in [7, 11) is 0. The van der Waals surface area contributed by atoms with Crippen LogP contribution < -0.4 is 5.32 Å². The first-order chi connectivity index (χ1) is 11.4. The van der Waals surface area contributed by atoms with Crippen molar-refractivity contribution in [3.05, 3.63) is 42.0 Å². The molecule has 0 atom stereocenters. The van der Waals surface area contributed by atoms with Gasteiger partial charge < -0.3 is 10.2 Å². The fraction of sp³-hybridized carbons (Fsp3) is 0.412. The molecule has 1 fully saturated rings. The van der Waals surface area contributed by atoms with Gasteiger partial charge in [-0.05, 0) is 18.4 Å². The summed E-state index contributed by atoms with van der Waals surface area (Å²) in [6.07, 6.45) is -2.08. The monoisotopic (exact) mass is 340 g/mol. The summed E-state index contributed by atoms with van der Waals surface area (Å²) < 4.78 is 39.3. The molecule has 24 heavy (non-hydrogen) atoms. The van der Waals surface area contributed by atoms with E-state index >= 15 is 0 Å². The Hall–Kier alpha value is -2.31. The first kappa shape index (κ1) is 18.0. The van der Waals surface area contributed by atoms with E-state index in [0.29, 0.717) is 19.2 Å². The van der Waals surface area contributed by atoms with Gasteiger partial charge in [0.15, 0.2) is 0 Å². The van der Waals surface area contributed by atoms with Gasteiger partial charge in [0.05, 0.1) is 5.57 Å². The number of hydrogen-bond donors (Lipinski definition) is 1. The minimum Gasteiger partial charge on any atom is -0.352 e. The molecule has 0 saturated carbocycles. The van der Waals surface area contributed by atoms with Crippen LogP contribution in [0, 0.1) is 0 Å². The first-order valence-electron chi connectivity index (χ1n) is 7.78. The molecule has 0 radical (unpaired) electrons. The van der Waals surface area contributed by atoms with Crippen LogP contribution in [-0.4, -0.2) is 42.5 Å². The van der Waals surface area contributed by atoms with Crippen molar-refractivity contribution in [2.75, 3.05) is 19.6 Å². The molecule has 1 heterocycles. The van der Waals surface area contributed by atoms with Gasteiger partial charge in [0, 0.05) is 32.1 Å². The number of benzene rings is 1. The molecule has 1 aliphatic rings. The van der Waals surface area contributed by atoms with Gasteiger partial charge >= 0.3 is 6.18 Å². The predicted molar refractivity (Wildman–Crippen MR) is 83.9 cm³/mol. The quantitative estimate of drug-likeness (QED) is 0.838. The highest BCUT2D eigenvalue weighted by molar-refractivity contribution is 5.96. The summed E-state index contributed by atoms with van der Waals surface area (Å²) >= 11 is 0. The highest BCUT2D eigenvalue weighted by atomic mass is 19.4. The Balaban J connectivity index is 1.94. The van der Waals surface area contributed by atoms with Gasteiger partial charge in [-0.3, -0.25) is 9.59 Å². The van der Waals surface area contributed by atoms with Crippen molar-refractivity contribution in [3.63, 3.8) is 0 Å². The maximum Gasteiger partial charge on any atom is 0.417 e. The number of amides is 2. The largest absolute Gasteiger partial charge is 0.417 e. The molecule has 1 saturated heterocycles. The molecule has 0 bridgehead atoms. The van der Waals surface area contributed by atoms with Gasteiger partial charge in [0.1, 0.15) is 0 Å². The van der Waals surface area contributed by atoms with Gasteiger partial charge in [-0.2, -0.15) is 13.2 Å². The van der Waals surface area contributed by atoms with Crippen molar-refractivity contribution >= 4 is 17.4 Å². The Bertz CT molecular complexity index is 606. The van der Waals surface area contributed by atoms with E-state index in [-0.39, 0.29) is 24.4 Å². The average molecular weight is 340 g/mol. The van der Waals surface area contributed by atoms with Crippen molar-refractivity contribution in [1.82, 2.24) is 10.2 Å². The number of hydrogen-bond acceptors (Lipinski definition) is 2. The van der Waals surface area contributed by atoms with E-state index in [1.807, 2.05) is 0 Å². The van der Waals surface area contributed by atoms with Crippen molar-refractivity contribution in [3.8, 4) is 0 Å². The number of nitrogens with one attached hydrogen (secondary N) is 1. The molecule has 0 aromatic heterocycles. The van der Waals surface area contributed by atoms with Crippen LogP contribution in [-0.2, 0) is 9.59 Å². The minimum atomic E-state index is -4.63. The molecular formula is C17H19F3N2O2. The molecule has 130 valence electrons. The van der Waals surface area contributed by atoms with Crippen molar-refractivity contribution < 1.29 is 22.8 Å². The molecule has 0 aliphatic carbocycles. The SMILES string of the molecule is O=C(/C=C(\c1ccccc1)C(F)(F)F)NCCC(=O)N1CCCC1. The zero-order chi connectivity index (χ0) is 17.6. The van der Waals surface area contributed by atoms with Crippen LogP contribution in [0.25, 0.3) is 5.57 Å². The molecule has 2 amide bonds. The number of allylic oxidation sites excluding steroid dienone is 1. The number of nitrogens with zero attached hydrogens (tertiary/aromatic N) is 1. The van der Waals surface area contributed by atoms with Gasteiger partial charge in [0.25, 0.3) is 0 Å². The Labute approximate surface area is 138 Å². The summed E-state index contributed by atoms with van der Waals surface area (Å²) in [5.41, 5.74) is -1.08. The summed E-state index contributed by atoms with van der Waals surface area (Å²) in [5.74, 6) is -0.948. The van der Waals surface area contributed by atoms with Crippen LogP contribution in [0.15, 0.2) is 36.4 Å². The highest BCUT2D eigenvalue weighted by Gasteiger charge is 2.35. The summed E-state index contributed by atoms with van der Waals surface area (Å²) in [6, 6.07) is 7.14. The van der Waals surface area contributed by atoms with Gasteiger partial charge in [-0.1, -0.05) is 30.3 Å². The summed E-state index contributed by atoms with van der Waals surface area (Å²) in [6.45, 7) is 1.43. The summed E-state index contributed by atoms with van der Waals surface area (Å²) in [4.78, 5) is 25.3. The number of likely N-dealkylation sites (tertiary alicyclic amines) is 1. The third-order valence-electron chi connectivity index (χ3n) is 3.76. The lowest BCUT2D eigenvalue weighted by Gasteiger charge is -2.15. The van der Waals surface area contributed by atoms with E-state index in [4.69, 9.17) is 0 Å². The van der Waals surface area contributed by atoms with Crippen LogP contribution in [0.4, 0.5) is 13.2 Å². The van der Waals surface area contributed by atoms with Crippen LogP contribution in [0.3, 0.4) is 0 Å². The molecule has 1 N–H and O–H groups in total. The van der Waals surface area contributed by atoms with Gasteiger partial charge in [-0.25, -0.2) is 0 Å². The van der Waals surface area contributed by atoms with E-state index < -0.39 is 17.7 Å². The standard InChI is InChI=1S/C17H19F3N2O2/c18-17(19,20)14(13-6-2-1-3-7-13)12-15(23)21-9-8-16(24)22-10-4-5-11-22/h1-3,6-7,12H,4-5,8-11H2,(H,21,23)/b14-12+. The van der Waals surface area contributed by atoms with E-state index in [2.05, 4.69) is 5.32 Å². The third-order valence-corrected chi connectivity index (χ3v) is 3.76. The predicted octanol–water partition coefficient (Wildman–Crippen LogP) is 2.76. The lowest BCUT2D eigenvalue weighted by atomic mass is 10.1. The van der Waals surface area contributed by atoms with Crippen LogP contribution in [0.2, 0.25) is 0 Å². The van der Waals surface area contributed by atoms with Gasteiger partial charge in [0.2, 0.25) is 11.8 Å². The lowest BCUT2D eigenvalue weighted by molar-refractivity contribution is -0.130. The fourth-order valence-electron chi connectivity index (χ4n) is 2.55. The number of alkyl halides is 3. The molecule has 1 aliphatic heterocycles. The Morgan fingerprint density at radius 2 is 1.75 bits per heavy atom. The number of carbonyl (C=O) groups is 2. The maximum atomic E-state index is 13.1. The number of rotatable bonds is 5. The Morgan fingerprint density at radius 3 is 2.33 bits per heavy atom. The molecule has 1 aromatic carbocycles. The topological polar surface area (TPSA) is 49.4 Å². The molecule has 4 nitrogen and oxygen atoms in total. The third kappa shape index (κ3) is 5.11. The Morgan fingerprint density at radius 1 is 1.12 bits per heavy atom. The average Bonchev–Trinajstić information content (AvgIpc) is 3.07. The molecule has 0 unspecified atom stereocenters. The lowest BCUT2D eigenvalue weighted by Crippen LogP contribution is -2.32. The number of halogens is 3. The molecule has 1 aromatic rings. The second-order valence-electron chi connectivity index (χ2n) is 5.55. The van der Waals surface area contributed by atoms with Gasteiger partial charge in [-0.15, -0.1) is 0 Å². The number of carbonyl (C=O) groups excluding carboxylic acids is 2. The van der Waals surface area contributed by atoms with E-state index in [1.165, 1.54) is 24.3 Å². The second kappa shape index (κ2) is 7.99. The first-order valence-corrected chi connectivity index (χ1v) is 7.78.